The molecule has 0 N–H and O–H groups in total. The van der Waals surface area contributed by atoms with Crippen molar-refractivity contribution in [3.63, 3.8) is 0 Å². The van der Waals surface area contributed by atoms with Crippen molar-refractivity contribution in [3.05, 3.63) is 17.7 Å². The number of methoxy groups -OCH3 is 3. The quantitative estimate of drug-likeness (QED) is 0.713. The van der Waals surface area contributed by atoms with Crippen molar-refractivity contribution >= 4 is 0 Å². The minimum atomic E-state index is 0.326. The van der Waals surface area contributed by atoms with E-state index >= 15 is 0 Å². The van der Waals surface area contributed by atoms with Gasteiger partial charge in [-0.2, -0.15) is 0 Å². The molecule has 0 spiro atoms. The predicted molar refractivity (Wildman–Crippen MR) is 59.5 cm³/mol. The molecule has 1 atom stereocenters. The zero-order valence-corrected chi connectivity index (χ0v) is 9.78. The molecule has 1 fully saturated rings. The molecule has 0 bridgehead atoms. The van der Waals surface area contributed by atoms with E-state index in [4.69, 9.17) is 18.9 Å². The van der Waals surface area contributed by atoms with Crippen LogP contribution in [-0.2, 0) is 11.2 Å². The van der Waals surface area contributed by atoms with Gasteiger partial charge in [-0.15, -0.1) is 0 Å². The molecule has 1 aliphatic heterocycles. The van der Waals surface area contributed by atoms with E-state index in [1.54, 1.807) is 21.3 Å². The summed E-state index contributed by atoms with van der Waals surface area (Å²) in [6, 6.07) is 3.88. The number of hydrogen-bond acceptors (Lipinski definition) is 4. The molecule has 1 aromatic carbocycles. The Morgan fingerprint density at radius 3 is 2.31 bits per heavy atom. The summed E-state index contributed by atoms with van der Waals surface area (Å²) in [5.74, 6) is 2.06. The fourth-order valence-electron chi connectivity index (χ4n) is 1.76. The van der Waals surface area contributed by atoms with Gasteiger partial charge in [0.15, 0.2) is 11.5 Å². The number of rotatable bonds is 5. The molecule has 88 valence electrons. The zero-order valence-electron chi connectivity index (χ0n) is 9.78. The molecule has 4 heteroatoms. The highest BCUT2D eigenvalue weighted by Gasteiger charge is 2.26. The smallest absolute Gasteiger partial charge is 0.203 e. The number of ether oxygens (including phenoxy) is 4. The SMILES string of the molecule is COc1ccc(CC2CO2)c(OC)c1OC. The van der Waals surface area contributed by atoms with Gasteiger partial charge in [0, 0.05) is 12.0 Å². The summed E-state index contributed by atoms with van der Waals surface area (Å²) in [6.07, 6.45) is 1.18. The third-order valence-electron chi connectivity index (χ3n) is 2.64. The summed E-state index contributed by atoms with van der Waals surface area (Å²) >= 11 is 0. The molecule has 0 aliphatic carbocycles. The second kappa shape index (κ2) is 4.61. The van der Waals surface area contributed by atoms with Gasteiger partial charge in [-0.3, -0.25) is 0 Å². The van der Waals surface area contributed by atoms with Crippen LogP contribution in [0.3, 0.4) is 0 Å². The van der Waals surface area contributed by atoms with Gasteiger partial charge >= 0.3 is 0 Å². The molecule has 2 rings (SSSR count). The summed E-state index contributed by atoms with van der Waals surface area (Å²) in [5.41, 5.74) is 1.09. The van der Waals surface area contributed by atoms with E-state index in [0.29, 0.717) is 17.6 Å². The second-order valence-electron chi connectivity index (χ2n) is 3.65. The fourth-order valence-corrected chi connectivity index (χ4v) is 1.76. The Hall–Kier alpha value is -1.42. The van der Waals surface area contributed by atoms with Crippen LogP contribution in [0.25, 0.3) is 0 Å². The summed E-state index contributed by atoms with van der Waals surface area (Å²) in [6.45, 7) is 0.831. The highest BCUT2D eigenvalue weighted by atomic mass is 16.6. The lowest BCUT2D eigenvalue weighted by molar-refractivity contribution is 0.320. The standard InChI is InChI=1S/C12H16O4/c1-13-10-5-4-8(6-9-7-16-9)11(14-2)12(10)15-3/h4-5,9H,6-7H2,1-3H3. The van der Waals surface area contributed by atoms with E-state index in [9.17, 15) is 0 Å². The first kappa shape index (κ1) is 11.1. The maximum Gasteiger partial charge on any atom is 0.203 e. The minimum Gasteiger partial charge on any atom is -0.493 e. The largest absolute Gasteiger partial charge is 0.493 e. The van der Waals surface area contributed by atoms with Crippen molar-refractivity contribution in [2.45, 2.75) is 12.5 Å². The second-order valence-corrected chi connectivity index (χ2v) is 3.65. The van der Waals surface area contributed by atoms with Gasteiger partial charge in [-0.1, -0.05) is 6.07 Å². The molecular weight excluding hydrogens is 208 g/mol. The fraction of sp³-hybridized carbons (Fsp3) is 0.500. The predicted octanol–water partition coefficient (Wildman–Crippen LogP) is 1.65. The Labute approximate surface area is 95.1 Å². The van der Waals surface area contributed by atoms with Crippen LogP contribution in [-0.4, -0.2) is 34.0 Å². The van der Waals surface area contributed by atoms with Crippen LogP contribution < -0.4 is 14.2 Å². The topological polar surface area (TPSA) is 40.2 Å². The van der Waals surface area contributed by atoms with E-state index in [2.05, 4.69) is 0 Å². The van der Waals surface area contributed by atoms with Crippen LogP contribution >= 0.6 is 0 Å². The molecule has 4 nitrogen and oxygen atoms in total. The maximum absolute atomic E-state index is 5.38. The molecule has 0 saturated carbocycles. The summed E-state index contributed by atoms with van der Waals surface area (Å²) in [7, 11) is 4.85. The van der Waals surface area contributed by atoms with Crippen LogP contribution in [0.4, 0.5) is 0 Å². The first-order chi connectivity index (χ1) is 7.80. The van der Waals surface area contributed by atoms with Gasteiger partial charge in [-0.25, -0.2) is 0 Å². The third kappa shape index (κ3) is 2.07. The molecule has 0 amide bonds. The maximum atomic E-state index is 5.38. The third-order valence-corrected chi connectivity index (χ3v) is 2.64. The van der Waals surface area contributed by atoms with Crippen LogP contribution in [0.5, 0.6) is 17.2 Å². The molecule has 0 radical (unpaired) electrons. The molecule has 1 unspecified atom stereocenters. The van der Waals surface area contributed by atoms with Crippen LogP contribution in [0.1, 0.15) is 5.56 Å². The summed E-state index contributed by atoms with van der Waals surface area (Å²) < 4.78 is 21.1. The van der Waals surface area contributed by atoms with Crippen molar-refractivity contribution in [1.82, 2.24) is 0 Å². The van der Waals surface area contributed by atoms with Gasteiger partial charge < -0.3 is 18.9 Å². The lowest BCUT2D eigenvalue weighted by Crippen LogP contribution is -2.01. The zero-order chi connectivity index (χ0) is 11.5. The van der Waals surface area contributed by atoms with Crippen molar-refractivity contribution in [2.75, 3.05) is 27.9 Å². The molecule has 1 aromatic rings. The Balaban J connectivity index is 2.36. The Morgan fingerprint density at radius 1 is 1.12 bits per heavy atom. The minimum absolute atomic E-state index is 0.326. The first-order valence-electron chi connectivity index (χ1n) is 5.19. The molecular formula is C12H16O4. The van der Waals surface area contributed by atoms with Gasteiger partial charge in [-0.05, 0) is 6.07 Å². The van der Waals surface area contributed by atoms with Crippen molar-refractivity contribution < 1.29 is 18.9 Å². The lowest BCUT2D eigenvalue weighted by Gasteiger charge is -2.15. The molecule has 1 saturated heterocycles. The van der Waals surface area contributed by atoms with E-state index in [1.165, 1.54) is 0 Å². The van der Waals surface area contributed by atoms with Gasteiger partial charge in [0.1, 0.15) is 0 Å². The normalized spacial score (nSPS) is 18.1. The van der Waals surface area contributed by atoms with Gasteiger partial charge in [0.05, 0.1) is 34.0 Å². The average molecular weight is 224 g/mol. The molecule has 0 aromatic heterocycles. The molecule has 1 heterocycles. The van der Waals surface area contributed by atoms with Gasteiger partial charge in [0.25, 0.3) is 0 Å². The van der Waals surface area contributed by atoms with Crippen molar-refractivity contribution in [1.29, 1.82) is 0 Å². The summed E-state index contributed by atoms with van der Waals surface area (Å²) in [5, 5.41) is 0. The van der Waals surface area contributed by atoms with Crippen LogP contribution in [0, 0.1) is 0 Å². The Bertz CT molecular complexity index is 372. The van der Waals surface area contributed by atoms with E-state index in [0.717, 1.165) is 24.3 Å². The highest BCUT2D eigenvalue weighted by Crippen LogP contribution is 2.40. The first-order valence-corrected chi connectivity index (χ1v) is 5.19. The summed E-state index contributed by atoms with van der Waals surface area (Å²) in [4.78, 5) is 0. The number of benzene rings is 1. The average Bonchev–Trinajstić information content (AvgIpc) is 3.12. The van der Waals surface area contributed by atoms with E-state index in [1.807, 2.05) is 12.1 Å². The van der Waals surface area contributed by atoms with E-state index < -0.39 is 0 Å². The van der Waals surface area contributed by atoms with Gasteiger partial charge in [0.2, 0.25) is 5.75 Å². The van der Waals surface area contributed by atoms with E-state index in [-0.39, 0.29) is 0 Å². The molecule has 1 aliphatic rings. The Kier molecular flexibility index (Phi) is 3.19. The number of epoxide rings is 1. The lowest BCUT2D eigenvalue weighted by atomic mass is 10.1. The van der Waals surface area contributed by atoms with Crippen molar-refractivity contribution in [3.8, 4) is 17.2 Å². The number of hydrogen-bond donors (Lipinski definition) is 0. The molecule has 16 heavy (non-hydrogen) atoms. The Morgan fingerprint density at radius 2 is 1.81 bits per heavy atom. The highest BCUT2D eigenvalue weighted by molar-refractivity contribution is 5.56. The van der Waals surface area contributed by atoms with Crippen LogP contribution in [0.15, 0.2) is 12.1 Å². The van der Waals surface area contributed by atoms with Crippen LogP contribution in [0.2, 0.25) is 0 Å². The monoisotopic (exact) mass is 224 g/mol. The van der Waals surface area contributed by atoms with Crippen molar-refractivity contribution in [2.24, 2.45) is 0 Å².